The molecular formula is C27H27F3N2O6S. The minimum Gasteiger partial charge on any atom is -0.485 e. The molecule has 3 aromatic rings. The molecule has 0 aromatic heterocycles. The Morgan fingerprint density at radius 1 is 1.05 bits per heavy atom. The van der Waals surface area contributed by atoms with Gasteiger partial charge in [0, 0.05) is 17.7 Å². The van der Waals surface area contributed by atoms with Crippen molar-refractivity contribution in [1.29, 1.82) is 0 Å². The summed E-state index contributed by atoms with van der Waals surface area (Å²) in [6, 6.07) is 16.8. The van der Waals surface area contributed by atoms with Gasteiger partial charge in [0.15, 0.2) is 0 Å². The molecule has 1 aliphatic heterocycles. The molecule has 0 unspecified atom stereocenters. The summed E-state index contributed by atoms with van der Waals surface area (Å²) in [5.74, 6) is -1.15. The van der Waals surface area contributed by atoms with Crippen LogP contribution in [0.2, 0.25) is 0 Å². The number of halogens is 3. The van der Waals surface area contributed by atoms with Gasteiger partial charge in [-0.25, -0.2) is 13.1 Å². The number of para-hydroxylation sites is 1. The standard InChI is InChI=1S/C27H27F3N2O6S/c1-26(2)24(33)23(32-39(35,36)22-11-7-6-10-21(22)38-27(28,29)30)19-16-18(12-13-20(19)37-26)25(34)31-15-14-17-8-4-3-5-9-17/h3-13,16,23-24,32-33H,14-15H2,1-2H3,(H,31,34)/t23-,24+/m1/s1. The number of aliphatic hydroxyl groups is 1. The third-order valence-electron chi connectivity index (χ3n) is 6.20. The molecule has 2 atom stereocenters. The maximum absolute atomic E-state index is 13.3. The summed E-state index contributed by atoms with van der Waals surface area (Å²) >= 11 is 0. The molecule has 8 nitrogen and oxygen atoms in total. The highest BCUT2D eigenvalue weighted by Gasteiger charge is 2.45. The van der Waals surface area contributed by atoms with E-state index >= 15 is 0 Å². The molecule has 3 N–H and O–H groups in total. The van der Waals surface area contributed by atoms with Gasteiger partial charge in [-0.2, -0.15) is 0 Å². The fraction of sp³-hybridized carbons (Fsp3) is 0.296. The van der Waals surface area contributed by atoms with Crippen LogP contribution in [0.5, 0.6) is 11.5 Å². The summed E-state index contributed by atoms with van der Waals surface area (Å²) in [4.78, 5) is 12.1. The molecule has 1 amide bonds. The first-order valence-electron chi connectivity index (χ1n) is 12.0. The molecule has 3 aromatic carbocycles. The van der Waals surface area contributed by atoms with Crippen LogP contribution >= 0.6 is 0 Å². The van der Waals surface area contributed by atoms with E-state index in [1.54, 1.807) is 0 Å². The van der Waals surface area contributed by atoms with Crippen LogP contribution in [0.3, 0.4) is 0 Å². The van der Waals surface area contributed by atoms with Crippen LogP contribution in [0.1, 0.15) is 41.4 Å². The molecule has 0 spiro atoms. The van der Waals surface area contributed by atoms with Gasteiger partial charge >= 0.3 is 6.36 Å². The molecule has 0 fully saturated rings. The van der Waals surface area contributed by atoms with E-state index in [1.807, 2.05) is 30.3 Å². The minimum atomic E-state index is -5.12. The van der Waals surface area contributed by atoms with E-state index in [9.17, 15) is 31.5 Å². The molecule has 12 heteroatoms. The van der Waals surface area contributed by atoms with Crippen molar-refractivity contribution in [2.75, 3.05) is 6.54 Å². The fourth-order valence-electron chi connectivity index (χ4n) is 4.25. The molecule has 1 aliphatic rings. The fourth-order valence-corrected chi connectivity index (χ4v) is 5.60. The van der Waals surface area contributed by atoms with E-state index in [-0.39, 0.29) is 16.9 Å². The first-order valence-corrected chi connectivity index (χ1v) is 13.5. The van der Waals surface area contributed by atoms with E-state index in [0.717, 1.165) is 17.7 Å². The molecule has 0 aliphatic carbocycles. The van der Waals surface area contributed by atoms with Gasteiger partial charge in [-0.15, -0.1) is 13.2 Å². The Kier molecular flexibility index (Phi) is 7.92. The summed E-state index contributed by atoms with van der Waals surface area (Å²) in [6.45, 7) is 3.41. The molecule has 1 heterocycles. The summed E-state index contributed by atoms with van der Waals surface area (Å²) in [6.07, 6.45) is -6.00. The summed E-state index contributed by atoms with van der Waals surface area (Å²) in [5.41, 5.74) is 0.0886. The molecular weight excluding hydrogens is 537 g/mol. The van der Waals surface area contributed by atoms with Crippen LogP contribution in [-0.2, 0) is 16.4 Å². The number of nitrogens with one attached hydrogen (secondary N) is 2. The second-order valence-electron chi connectivity index (χ2n) is 9.49. The third-order valence-corrected chi connectivity index (χ3v) is 7.68. The van der Waals surface area contributed by atoms with Crippen molar-refractivity contribution < 1.29 is 41.0 Å². The number of amides is 1. The number of hydrogen-bond donors (Lipinski definition) is 3. The van der Waals surface area contributed by atoms with Gasteiger partial charge < -0.3 is 19.9 Å². The Balaban J connectivity index is 1.62. The number of benzene rings is 3. The van der Waals surface area contributed by atoms with Crippen LogP contribution in [0.15, 0.2) is 77.7 Å². The smallest absolute Gasteiger partial charge is 0.485 e. The normalized spacial score (nSPS) is 18.5. The van der Waals surface area contributed by atoms with E-state index in [4.69, 9.17) is 4.74 Å². The molecule has 0 bridgehead atoms. The van der Waals surface area contributed by atoms with Gasteiger partial charge in [-0.1, -0.05) is 42.5 Å². The number of ether oxygens (including phenoxy) is 2. The lowest BCUT2D eigenvalue weighted by Gasteiger charge is -2.42. The first kappa shape index (κ1) is 28.4. The highest BCUT2D eigenvalue weighted by atomic mass is 32.2. The second kappa shape index (κ2) is 10.9. The van der Waals surface area contributed by atoms with E-state index < -0.39 is 50.7 Å². The van der Waals surface area contributed by atoms with E-state index in [2.05, 4.69) is 14.8 Å². The zero-order valence-corrected chi connectivity index (χ0v) is 21.8. The van der Waals surface area contributed by atoms with Gasteiger partial charge in [-0.3, -0.25) is 4.79 Å². The molecule has 0 saturated carbocycles. The molecule has 0 radical (unpaired) electrons. The zero-order chi connectivity index (χ0) is 28.4. The SMILES string of the molecule is CC1(C)Oc2ccc(C(=O)NCCc3ccccc3)cc2[C@@H](NS(=O)(=O)c2ccccc2OC(F)(F)F)[C@@H]1O. The van der Waals surface area contributed by atoms with Crippen LogP contribution in [0.25, 0.3) is 0 Å². The number of aliphatic hydroxyl groups excluding tert-OH is 1. The van der Waals surface area contributed by atoms with Crippen LogP contribution < -0.4 is 19.5 Å². The molecule has 39 heavy (non-hydrogen) atoms. The Hall–Kier alpha value is -3.61. The summed E-state index contributed by atoms with van der Waals surface area (Å²) in [5, 5.41) is 13.8. The van der Waals surface area contributed by atoms with E-state index in [1.165, 1.54) is 44.2 Å². The van der Waals surface area contributed by atoms with Gasteiger partial charge in [0.25, 0.3) is 5.91 Å². The average molecular weight is 565 g/mol. The predicted octanol–water partition coefficient (Wildman–Crippen LogP) is 4.11. The van der Waals surface area contributed by atoms with Crippen molar-refractivity contribution >= 4 is 15.9 Å². The Labute approximate surface area is 223 Å². The second-order valence-corrected chi connectivity index (χ2v) is 11.2. The number of carbonyl (C=O) groups is 1. The van der Waals surface area contributed by atoms with Crippen molar-refractivity contribution in [3.63, 3.8) is 0 Å². The number of rotatable bonds is 8. The largest absolute Gasteiger partial charge is 0.573 e. The monoisotopic (exact) mass is 564 g/mol. The third kappa shape index (κ3) is 6.70. The van der Waals surface area contributed by atoms with Crippen LogP contribution in [0.4, 0.5) is 13.2 Å². The van der Waals surface area contributed by atoms with Crippen molar-refractivity contribution in [2.24, 2.45) is 0 Å². The van der Waals surface area contributed by atoms with Crippen molar-refractivity contribution in [3.05, 3.63) is 89.5 Å². The van der Waals surface area contributed by atoms with Gasteiger partial charge in [0.05, 0.1) is 6.04 Å². The lowest BCUT2D eigenvalue weighted by atomic mass is 9.86. The van der Waals surface area contributed by atoms with Crippen molar-refractivity contribution in [1.82, 2.24) is 10.0 Å². The average Bonchev–Trinajstić information content (AvgIpc) is 2.86. The summed E-state index contributed by atoms with van der Waals surface area (Å²) in [7, 11) is -4.66. The lowest BCUT2D eigenvalue weighted by Crippen LogP contribution is -2.53. The molecule has 0 saturated heterocycles. The quantitative estimate of drug-likeness (QED) is 0.380. The van der Waals surface area contributed by atoms with Crippen molar-refractivity contribution in [2.45, 2.75) is 49.3 Å². The van der Waals surface area contributed by atoms with Crippen molar-refractivity contribution in [3.8, 4) is 11.5 Å². The number of carbonyl (C=O) groups excluding carboxylic acids is 1. The molecule has 208 valence electrons. The number of fused-ring (bicyclic) bond motifs is 1. The van der Waals surface area contributed by atoms with E-state index in [0.29, 0.717) is 13.0 Å². The Morgan fingerprint density at radius 2 is 1.72 bits per heavy atom. The maximum atomic E-state index is 13.3. The van der Waals surface area contributed by atoms with Crippen LogP contribution in [-0.4, -0.2) is 44.0 Å². The number of hydrogen-bond acceptors (Lipinski definition) is 6. The summed E-state index contributed by atoms with van der Waals surface area (Å²) < 4.78 is 77.3. The van der Waals surface area contributed by atoms with Gasteiger partial charge in [0.1, 0.15) is 28.1 Å². The van der Waals surface area contributed by atoms with Crippen LogP contribution in [0, 0.1) is 0 Å². The Morgan fingerprint density at radius 3 is 2.41 bits per heavy atom. The number of alkyl halides is 3. The van der Waals surface area contributed by atoms with Gasteiger partial charge in [0.2, 0.25) is 10.0 Å². The Bertz CT molecular complexity index is 1450. The lowest BCUT2D eigenvalue weighted by molar-refractivity contribution is -0.275. The predicted molar refractivity (Wildman–Crippen MR) is 136 cm³/mol. The molecule has 4 rings (SSSR count). The minimum absolute atomic E-state index is 0.148. The number of sulfonamides is 1. The zero-order valence-electron chi connectivity index (χ0n) is 21.0. The maximum Gasteiger partial charge on any atom is 0.573 e. The highest BCUT2D eigenvalue weighted by molar-refractivity contribution is 7.89. The highest BCUT2D eigenvalue weighted by Crippen LogP contribution is 2.41. The topological polar surface area (TPSA) is 114 Å². The van der Waals surface area contributed by atoms with Gasteiger partial charge in [-0.05, 0) is 56.2 Å². The first-order chi connectivity index (χ1) is 18.3.